The number of hydrogen-bond donors (Lipinski definition) is 7. The van der Waals surface area contributed by atoms with E-state index in [1.165, 1.54) is 23.7 Å². The summed E-state index contributed by atoms with van der Waals surface area (Å²) in [5.74, 6) is 1.99. The van der Waals surface area contributed by atoms with E-state index in [2.05, 4.69) is 106 Å². The number of fused-ring (bicyclic) bond motifs is 5. The smallest absolute Gasteiger partial charge is 0.258 e. The van der Waals surface area contributed by atoms with Crippen LogP contribution in [-0.2, 0) is 21.1 Å². The van der Waals surface area contributed by atoms with Crippen LogP contribution in [0.15, 0.2) is 269 Å². The fourth-order valence-corrected chi connectivity index (χ4v) is 14.7. The number of benzene rings is 6. The molecule has 34 heteroatoms. The van der Waals surface area contributed by atoms with Gasteiger partial charge >= 0.3 is 0 Å². The Morgan fingerprint density at radius 3 is 1.59 bits per heavy atom. The summed E-state index contributed by atoms with van der Waals surface area (Å²) in [7, 11) is 5.42. The molecule has 123 heavy (non-hydrogen) atoms. The van der Waals surface area contributed by atoms with Crippen LogP contribution in [0.25, 0.3) is 161 Å². The van der Waals surface area contributed by atoms with Crippen LogP contribution in [0.3, 0.4) is 0 Å². The van der Waals surface area contributed by atoms with Crippen molar-refractivity contribution in [1.29, 1.82) is 5.26 Å². The molecule has 0 aliphatic rings. The first kappa shape index (κ1) is 80.5. The van der Waals surface area contributed by atoms with E-state index in [-0.39, 0.29) is 28.2 Å². The number of nitrogens with two attached hydrogens (primary N) is 5. The molecule has 12 N–H and O–H groups in total. The van der Waals surface area contributed by atoms with Gasteiger partial charge in [-0.05, 0) is 155 Å². The number of pyridine rings is 5. The Labute approximate surface area is 715 Å². The van der Waals surface area contributed by atoms with E-state index in [0.29, 0.717) is 106 Å². The minimum atomic E-state index is -0.120. The number of H-pyrrole nitrogens is 2. The first-order valence-electron chi connectivity index (χ1n) is 37.6. The summed E-state index contributed by atoms with van der Waals surface area (Å²) in [5.41, 5.74) is 44.1. The summed E-state index contributed by atoms with van der Waals surface area (Å²) in [6.07, 6.45) is 20.3. The second kappa shape index (κ2) is 34.7. The van der Waals surface area contributed by atoms with E-state index in [9.17, 15) is 19.6 Å². The number of aryl methyl sites for hydroxylation is 5. The lowest BCUT2D eigenvalue weighted by molar-refractivity contribution is 0.770. The van der Waals surface area contributed by atoms with Crippen molar-refractivity contribution in [2.75, 3.05) is 28.7 Å². The Bertz CT molecular complexity index is 7710. The normalized spacial score (nSPS) is 11.0. The van der Waals surface area contributed by atoms with E-state index in [1.54, 1.807) is 81.2 Å². The molecule has 0 aliphatic heterocycles. The first-order valence-corrected chi connectivity index (χ1v) is 39.6. The fraction of sp³-hybridized carbons (Fsp3) is 0.0562. The largest absolute Gasteiger partial charge is 0.382 e. The van der Waals surface area contributed by atoms with Crippen molar-refractivity contribution < 1.29 is 0 Å². The van der Waals surface area contributed by atoms with Crippen LogP contribution in [0.2, 0.25) is 5.02 Å². The van der Waals surface area contributed by atoms with Gasteiger partial charge in [-0.1, -0.05) is 78.3 Å². The van der Waals surface area contributed by atoms with Crippen molar-refractivity contribution in [1.82, 2.24) is 109 Å². The highest BCUT2D eigenvalue weighted by Crippen LogP contribution is 2.39. The van der Waals surface area contributed by atoms with Crippen molar-refractivity contribution in [3.05, 3.63) is 307 Å². The summed E-state index contributed by atoms with van der Waals surface area (Å²) < 4.78 is 7.09. The van der Waals surface area contributed by atoms with Crippen LogP contribution in [0.5, 0.6) is 0 Å². The van der Waals surface area contributed by atoms with Crippen molar-refractivity contribution in [2.24, 2.45) is 21.1 Å². The zero-order valence-electron chi connectivity index (χ0n) is 65.8. The second-order valence-electron chi connectivity index (χ2n) is 27.8. The molecule has 20 rings (SSSR count). The third-order valence-corrected chi connectivity index (χ3v) is 21.1. The standard InChI is InChI=1S/C19H14N4O.C18H16N6O.C18H12N6S.C17H12BrClN6.C17H14N6O/c20-16-11-22-17(18(23-16)12-4-2-1-3-5-12)14-6-7-15-13(10-14)8-9-21-19(15)24;1-23-7-5-11-9-12(3-4-13(11)18(23)25)16-17(21-15(19)10-20-16)14-6-8-24(2)22-14;1-10-22-9-15(25-10)17-16(23-14(8-19)18(20)24-17)12-4-5-13-11(7-12)3-2-6-21-13;1-25-6-4-12(24-25)15-14(22-16(18)17(20)23-15)10-7-9-3-2-5-21-13(9)11(19)8-10;1-10-5-7-23(22-10)16-15(20-9-14(18)21-16)12-2-3-13-11(8-12)4-6-19-17(13)24/h1-11H,(H2,20,23)(H,21,24);3-10H,1-2H3,(H2,19,21);2-7,9H,1H3,(H2,20,24);2-8H,1H3,(H2,20,23);2-9H,1H3,(H2,18,21)(H,19,24). The maximum atomic E-state index is 12.2. The van der Waals surface area contributed by atoms with Crippen LogP contribution in [0.1, 0.15) is 16.4 Å². The number of nitrogens with one attached hydrogen (secondary N) is 2. The number of halogens is 2. The highest BCUT2D eigenvalue weighted by molar-refractivity contribution is 9.10. The van der Waals surface area contributed by atoms with Gasteiger partial charge in [0.1, 0.15) is 62.3 Å². The first-order chi connectivity index (χ1) is 59.5. The summed E-state index contributed by atoms with van der Waals surface area (Å²) in [6, 6.07) is 57.1. The Morgan fingerprint density at radius 2 is 0.976 bits per heavy atom. The molecular formula is C89H68BrClN28O3S. The van der Waals surface area contributed by atoms with Gasteiger partial charge in [-0.2, -0.15) is 20.6 Å². The van der Waals surface area contributed by atoms with Gasteiger partial charge in [0.2, 0.25) is 0 Å². The molecule has 0 saturated carbocycles. The zero-order chi connectivity index (χ0) is 85.7. The zero-order valence-corrected chi connectivity index (χ0v) is 69.0. The number of nitriles is 1. The number of rotatable bonds is 10. The molecular weight excluding hydrogens is 1660 g/mol. The molecule has 0 bridgehead atoms. The predicted molar refractivity (Wildman–Crippen MR) is 484 cm³/mol. The maximum Gasteiger partial charge on any atom is 0.258 e. The van der Waals surface area contributed by atoms with Gasteiger partial charge in [-0.15, -0.1) is 11.3 Å². The van der Waals surface area contributed by atoms with Gasteiger partial charge in [0.15, 0.2) is 23.1 Å². The van der Waals surface area contributed by atoms with Crippen LogP contribution in [0.4, 0.5) is 29.1 Å². The molecule has 602 valence electrons. The molecule has 0 fully saturated rings. The number of nitrogen functional groups attached to an aromatic ring is 5. The third-order valence-electron chi connectivity index (χ3n) is 19.3. The van der Waals surface area contributed by atoms with Crippen LogP contribution in [0, 0.1) is 25.2 Å². The van der Waals surface area contributed by atoms with Gasteiger partial charge in [-0.3, -0.25) is 43.7 Å². The number of hydrogen-bond acceptors (Lipinski definition) is 26. The fourth-order valence-electron chi connectivity index (χ4n) is 13.4. The summed E-state index contributed by atoms with van der Waals surface area (Å²) >= 11 is 11.3. The van der Waals surface area contributed by atoms with Crippen molar-refractivity contribution in [2.45, 2.75) is 13.8 Å². The van der Waals surface area contributed by atoms with Gasteiger partial charge in [0.25, 0.3) is 16.7 Å². The lowest BCUT2D eigenvalue weighted by Crippen LogP contribution is -2.15. The molecule has 6 aromatic carbocycles. The Hall–Kier alpha value is -16.3. The van der Waals surface area contributed by atoms with Gasteiger partial charge in [0, 0.05) is 137 Å². The third kappa shape index (κ3) is 17.4. The van der Waals surface area contributed by atoms with Gasteiger partial charge < -0.3 is 43.2 Å². The topological polar surface area (TPSA) is 463 Å². The summed E-state index contributed by atoms with van der Waals surface area (Å²) in [5, 5.41) is 30.3. The number of anilines is 5. The van der Waals surface area contributed by atoms with Crippen molar-refractivity contribution in [3.63, 3.8) is 0 Å². The predicted octanol–water partition coefficient (Wildman–Crippen LogP) is 14.9. The molecule has 14 heterocycles. The molecule has 0 unspecified atom stereocenters. The van der Waals surface area contributed by atoms with Crippen molar-refractivity contribution >= 4 is 122 Å². The second-order valence-corrected chi connectivity index (χ2v) is 30.2. The maximum absolute atomic E-state index is 12.2. The van der Waals surface area contributed by atoms with E-state index >= 15 is 0 Å². The van der Waals surface area contributed by atoms with E-state index in [4.69, 9.17) is 40.3 Å². The van der Waals surface area contributed by atoms with Crippen LogP contribution >= 0.6 is 38.9 Å². The Kier molecular flexibility index (Phi) is 22.7. The molecule has 20 aromatic rings. The van der Waals surface area contributed by atoms with Crippen molar-refractivity contribution in [3.8, 4) is 113 Å². The van der Waals surface area contributed by atoms with Gasteiger partial charge in [-0.25, -0.2) is 49.5 Å². The molecule has 31 nitrogen and oxygen atoms in total. The number of nitrogens with zero attached hydrogens (tertiary/aromatic N) is 21. The summed E-state index contributed by atoms with van der Waals surface area (Å²) in [4.78, 5) is 99.6. The number of aromatic nitrogens is 22. The molecule has 0 radical (unpaired) electrons. The quantitative estimate of drug-likeness (QED) is 0.0668. The minimum absolute atomic E-state index is 0.0302. The Balaban J connectivity index is 0.000000114. The van der Waals surface area contributed by atoms with E-state index in [0.717, 1.165) is 98.3 Å². The van der Waals surface area contributed by atoms with E-state index in [1.807, 2.05) is 216 Å². The minimum Gasteiger partial charge on any atom is -0.382 e. The van der Waals surface area contributed by atoms with E-state index < -0.39 is 0 Å². The lowest BCUT2D eigenvalue weighted by atomic mass is 10.0. The molecule has 0 amide bonds. The average molecular weight is 1730 g/mol. The lowest BCUT2D eigenvalue weighted by Gasteiger charge is -2.10. The summed E-state index contributed by atoms with van der Waals surface area (Å²) in [6.45, 7) is 3.83. The molecule has 0 spiro atoms. The van der Waals surface area contributed by atoms with Crippen LogP contribution < -0.4 is 45.3 Å². The van der Waals surface area contributed by atoms with Gasteiger partial charge in [0.05, 0.1) is 78.7 Å². The SMILES string of the molecule is Cc1ccn(-c2nc(N)cnc2-c2ccc3c(=O)[nH]ccc3c2)n1.Cc1ncc(-c2nc(N)c(C#N)nc2-c2ccc3ncccc3c2)s1.Cn1ccc(-c2nc(N)c(Br)nc2-c2cc(Cl)c3ncccc3c2)n1.Cn1ccc(-c2nc(N)cnc2-c2ccc3c(=O)n(C)ccc3c2)n1.Nc1cnc(-c2ccc3c(=O)[nH]ccc3c2)c(-c2ccccc2)n1. The monoisotopic (exact) mass is 1720 g/mol. The molecule has 0 saturated heterocycles. The number of aromatic amines is 2. The number of thiazole rings is 1. The molecule has 0 aliphatic carbocycles. The van der Waals surface area contributed by atoms with Crippen LogP contribution in [-0.4, -0.2) is 109 Å². The Morgan fingerprint density at radius 1 is 0.439 bits per heavy atom. The molecule has 14 aromatic heterocycles. The highest BCUT2D eigenvalue weighted by Gasteiger charge is 2.23. The highest BCUT2D eigenvalue weighted by atomic mass is 79.9. The average Bonchev–Trinajstić information content (AvgIpc) is 1.78. The molecule has 0 atom stereocenters.